The van der Waals surface area contributed by atoms with Crippen LogP contribution in [0.5, 0.6) is 0 Å². The highest BCUT2D eigenvalue weighted by molar-refractivity contribution is 6.30. The van der Waals surface area contributed by atoms with Crippen LogP contribution < -0.4 is 10.6 Å². The second kappa shape index (κ2) is 9.97. The fourth-order valence-electron chi connectivity index (χ4n) is 2.61. The molecule has 2 rings (SSSR count). The monoisotopic (exact) mass is 372 g/mol. The quantitative estimate of drug-likeness (QED) is 0.739. The van der Waals surface area contributed by atoms with Crippen molar-refractivity contribution in [3.05, 3.63) is 70.7 Å². The van der Waals surface area contributed by atoms with E-state index in [2.05, 4.69) is 10.6 Å². The number of carbonyl (C=O) groups is 2. The molecule has 2 N–H and O–H groups in total. The molecule has 5 heteroatoms. The van der Waals surface area contributed by atoms with Crippen LogP contribution in [0.4, 0.5) is 0 Å². The second-order valence-electron chi connectivity index (χ2n) is 6.37. The largest absolute Gasteiger partial charge is 0.354 e. The number of hydrogen-bond acceptors (Lipinski definition) is 2. The van der Waals surface area contributed by atoms with E-state index in [1.54, 1.807) is 24.3 Å². The van der Waals surface area contributed by atoms with E-state index in [9.17, 15) is 9.59 Å². The van der Waals surface area contributed by atoms with Gasteiger partial charge in [0.15, 0.2) is 0 Å². The van der Waals surface area contributed by atoms with E-state index >= 15 is 0 Å². The molecule has 0 heterocycles. The maximum Gasteiger partial charge on any atom is 0.251 e. The first-order valence-corrected chi connectivity index (χ1v) is 9.27. The molecule has 26 heavy (non-hydrogen) atoms. The Morgan fingerprint density at radius 1 is 1.04 bits per heavy atom. The molecule has 2 amide bonds. The number of amides is 2. The van der Waals surface area contributed by atoms with E-state index in [1.165, 1.54) is 0 Å². The summed E-state index contributed by atoms with van der Waals surface area (Å²) in [7, 11) is 0. The molecule has 2 aromatic carbocycles. The molecule has 0 aliphatic rings. The van der Waals surface area contributed by atoms with Crippen LogP contribution in [0, 0.1) is 5.92 Å². The number of rotatable bonds is 8. The summed E-state index contributed by atoms with van der Waals surface area (Å²) in [6.45, 7) is 4.48. The van der Waals surface area contributed by atoms with Gasteiger partial charge in [-0.25, -0.2) is 0 Å². The minimum Gasteiger partial charge on any atom is -0.354 e. The average molecular weight is 373 g/mol. The molecule has 0 fully saturated rings. The van der Waals surface area contributed by atoms with Crippen LogP contribution in [-0.4, -0.2) is 24.4 Å². The maximum atomic E-state index is 12.6. The van der Waals surface area contributed by atoms with Gasteiger partial charge in [-0.1, -0.05) is 62.2 Å². The first-order chi connectivity index (χ1) is 12.5. The molecule has 0 aromatic heterocycles. The Morgan fingerprint density at radius 2 is 1.69 bits per heavy atom. The van der Waals surface area contributed by atoms with Gasteiger partial charge in [0.25, 0.3) is 5.91 Å². The molecule has 0 bridgehead atoms. The van der Waals surface area contributed by atoms with Gasteiger partial charge in [-0.3, -0.25) is 9.59 Å². The summed E-state index contributed by atoms with van der Waals surface area (Å²) in [4.78, 5) is 25.0. The minimum absolute atomic E-state index is 0.0400. The van der Waals surface area contributed by atoms with Gasteiger partial charge in [0.1, 0.15) is 6.04 Å². The molecule has 0 unspecified atom stereocenters. The number of benzene rings is 2. The summed E-state index contributed by atoms with van der Waals surface area (Å²) < 4.78 is 0. The van der Waals surface area contributed by atoms with Gasteiger partial charge in [-0.2, -0.15) is 0 Å². The number of halogens is 1. The first kappa shape index (κ1) is 20.0. The Balaban J connectivity index is 1.93. The Morgan fingerprint density at radius 3 is 2.31 bits per heavy atom. The van der Waals surface area contributed by atoms with E-state index in [4.69, 9.17) is 11.6 Å². The number of hydrogen-bond donors (Lipinski definition) is 2. The zero-order valence-corrected chi connectivity index (χ0v) is 15.9. The van der Waals surface area contributed by atoms with Crippen molar-refractivity contribution in [3.8, 4) is 0 Å². The van der Waals surface area contributed by atoms with Crippen LogP contribution in [0.15, 0.2) is 54.6 Å². The fraction of sp³-hybridized carbons (Fsp3) is 0.333. The molecule has 0 saturated carbocycles. The lowest BCUT2D eigenvalue weighted by atomic mass is 9.97. The van der Waals surface area contributed by atoms with Crippen LogP contribution in [0.2, 0.25) is 5.02 Å². The normalized spacial score (nSPS) is 12.9. The maximum absolute atomic E-state index is 12.6. The predicted octanol–water partition coefficient (Wildman–Crippen LogP) is 3.84. The lowest BCUT2D eigenvalue weighted by Crippen LogP contribution is -2.50. The summed E-state index contributed by atoms with van der Waals surface area (Å²) in [6.07, 6.45) is 1.51. The van der Waals surface area contributed by atoms with Crippen LogP contribution in [0.3, 0.4) is 0 Å². The standard InChI is InChI=1S/C21H25ClN2O2/c1-3-15(2)19(24-20(25)17-7-5-4-6-8-17)21(26)23-14-13-16-9-11-18(22)12-10-16/h4-12,15,19H,3,13-14H2,1-2H3,(H,23,26)(H,24,25)/t15-,19-/m0/s1. The van der Waals surface area contributed by atoms with Crippen molar-refractivity contribution < 1.29 is 9.59 Å². The van der Waals surface area contributed by atoms with Gasteiger partial charge in [0, 0.05) is 17.1 Å². The third-order valence-electron chi connectivity index (χ3n) is 4.44. The van der Waals surface area contributed by atoms with Crippen molar-refractivity contribution >= 4 is 23.4 Å². The van der Waals surface area contributed by atoms with Gasteiger partial charge in [0.2, 0.25) is 5.91 Å². The van der Waals surface area contributed by atoms with Gasteiger partial charge in [-0.15, -0.1) is 0 Å². The molecule has 4 nitrogen and oxygen atoms in total. The zero-order chi connectivity index (χ0) is 18.9. The van der Waals surface area contributed by atoms with Gasteiger partial charge in [-0.05, 0) is 42.2 Å². The third-order valence-corrected chi connectivity index (χ3v) is 4.70. The molecule has 0 aliphatic carbocycles. The van der Waals surface area contributed by atoms with E-state index in [0.29, 0.717) is 23.6 Å². The summed E-state index contributed by atoms with van der Waals surface area (Å²) in [5.74, 6) is -0.348. The fourth-order valence-corrected chi connectivity index (χ4v) is 2.73. The van der Waals surface area contributed by atoms with E-state index < -0.39 is 6.04 Å². The third kappa shape index (κ3) is 5.88. The summed E-state index contributed by atoms with van der Waals surface area (Å²) in [6, 6.07) is 15.9. The lowest BCUT2D eigenvalue weighted by Gasteiger charge is -2.23. The molecule has 2 aromatic rings. The Labute approximate surface area is 159 Å². The van der Waals surface area contributed by atoms with E-state index in [1.807, 2.05) is 44.2 Å². The molecule has 0 radical (unpaired) electrons. The van der Waals surface area contributed by atoms with Gasteiger partial charge >= 0.3 is 0 Å². The summed E-state index contributed by atoms with van der Waals surface area (Å²) >= 11 is 5.88. The van der Waals surface area contributed by atoms with Crippen LogP contribution >= 0.6 is 11.6 Å². The summed E-state index contributed by atoms with van der Waals surface area (Å²) in [5, 5.41) is 6.50. The van der Waals surface area contributed by atoms with Crippen molar-refractivity contribution in [2.24, 2.45) is 5.92 Å². The van der Waals surface area contributed by atoms with Crippen molar-refractivity contribution in [2.75, 3.05) is 6.54 Å². The number of carbonyl (C=O) groups excluding carboxylic acids is 2. The second-order valence-corrected chi connectivity index (χ2v) is 6.81. The number of nitrogens with one attached hydrogen (secondary N) is 2. The van der Waals surface area contributed by atoms with Crippen molar-refractivity contribution in [1.82, 2.24) is 10.6 Å². The predicted molar refractivity (Wildman–Crippen MR) is 105 cm³/mol. The Hall–Kier alpha value is -2.33. The van der Waals surface area contributed by atoms with Crippen molar-refractivity contribution in [2.45, 2.75) is 32.7 Å². The average Bonchev–Trinajstić information content (AvgIpc) is 2.67. The zero-order valence-electron chi connectivity index (χ0n) is 15.2. The molecule has 2 atom stereocenters. The Bertz CT molecular complexity index is 717. The van der Waals surface area contributed by atoms with E-state index in [0.717, 1.165) is 12.0 Å². The molecule has 0 spiro atoms. The highest BCUT2D eigenvalue weighted by atomic mass is 35.5. The molecular formula is C21H25ClN2O2. The lowest BCUT2D eigenvalue weighted by molar-refractivity contribution is -0.124. The Kier molecular flexibility index (Phi) is 7.67. The summed E-state index contributed by atoms with van der Waals surface area (Å²) in [5.41, 5.74) is 1.65. The van der Waals surface area contributed by atoms with Gasteiger partial charge < -0.3 is 10.6 Å². The highest BCUT2D eigenvalue weighted by Crippen LogP contribution is 2.11. The topological polar surface area (TPSA) is 58.2 Å². The van der Waals surface area contributed by atoms with Crippen LogP contribution in [0.1, 0.15) is 36.2 Å². The minimum atomic E-state index is -0.557. The first-order valence-electron chi connectivity index (χ1n) is 8.89. The molecule has 0 saturated heterocycles. The smallest absolute Gasteiger partial charge is 0.251 e. The van der Waals surface area contributed by atoms with Crippen molar-refractivity contribution in [1.29, 1.82) is 0 Å². The molecule has 138 valence electrons. The molecular weight excluding hydrogens is 348 g/mol. The molecule has 0 aliphatic heterocycles. The SMILES string of the molecule is CC[C@H](C)[C@H](NC(=O)c1ccccc1)C(=O)NCCc1ccc(Cl)cc1. The van der Waals surface area contributed by atoms with Crippen LogP contribution in [0.25, 0.3) is 0 Å². The van der Waals surface area contributed by atoms with Crippen LogP contribution in [-0.2, 0) is 11.2 Å². The van der Waals surface area contributed by atoms with Gasteiger partial charge in [0.05, 0.1) is 0 Å². The van der Waals surface area contributed by atoms with Crippen molar-refractivity contribution in [3.63, 3.8) is 0 Å². The van der Waals surface area contributed by atoms with E-state index in [-0.39, 0.29) is 17.7 Å². The highest BCUT2D eigenvalue weighted by Gasteiger charge is 2.25.